The molecule has 1 aromatic heterocycles. The van der Waals surface area contributed by atoms with E-state index in [-0.39, 0.29) is 0 Å². The molecular weight excluding hydrogens is 142 g/mol. The van der Waals surface area contributed by atoms with E-state index >= 15 is 0 Å². The number of hydrogen-bond donors (Lipinski definition) is 1. The van der Waals surface area contributed by atoms with Crippen molar-refractivity contribution >= 4 is 6.08 Å². The minimum absolute atomic E-state index is 0.425. The van der Waals surface area contributed by atoms with E-state index in [1.54, 1.807) is 25.2 Å². The Kier molecular flexibility index (Phi) is 2.11. The molecule has 0 bridgehead atoms. The van der Waals surface area contributed by atoms with Crippen LogP contribution in [0.3, 0.4) is 0 Å². The molecule has 0 amide bonds. The highest BCUT2D eigenvalue weighted by Gasteiger charge is 1.98. The normalized spacial score (nSPS) is 10.6. The maximum Gasteiger partial charge on any atom is 0.417 e. The summed E-state index contributed by atoms with van der Waals surface area (Å²) in [7, 11) is 0. The maximum atomic E-state index is 10.6. The first-order valence-corrected chi connectivity index (χ1v) is 3.23. The number of aromatic amines is 1. The molecule has 0 unspecified atom stereocenters. The fourth-order valence-corrected chi connectivity index (χ4v) is 0.731. The second-order valence-corrected chi connectivity index (χ2v) is 2.10. The van der Waals surface area contributed by atoms with Gasteiger partial charge >= 0.3 is 5.76 Å². The van der Waals surface area contributed by atoms with Crippen LogP contribution in [0, 0.1) is 6.92 Å². The third-order valence-corrected chi connectivity index (χ3v) is 1.25. The van der Waals surface area contributed by atoms with Crippen molar-refractivity contribution < 1.29 is 4.42 Å². The van der Waals surface area contributed by atoms with Crippen LogP contribution < -0.4 is 5.76 Å². The van der Waals surface area contributed by atoms with Crippen molar-refractivity contribution in [1.29, 1.82) is 0 Å². The van der Waals surface area contributed by atoms with Gasteiger partial charge in [0.05, 0.1) is 5.69 Å². The first kappa shape index (κ1) is 7.60. The highest BCUT2D eigenvalue weighted by Crippen LogP contribution is 2.03. The lowest BCUT2D eigenvalue weighted by Crippen LogP contribution is -1.93. The number of aryl methyl sites for hydroxylation is 1. The van der Waals surface area contributed by atoms with E-state index in [2.05, 4.69) is 11.6 Å². The van der Waals surface area contributed by atoms with Gasteiger partial charge in [-0.3, -0.25) is 4.98 Å². The van der Waals surface area contributed by atoms with E-state index in [1.165, 1.54) is 0 Å². The van der Waals surface area contributed by atoms with Crippen LogP contribution in [-0.4, -0.2) is 4.98 Å². The van der Waals surface area contributed by atoms with Gasteiger partial charge in [0, 0.05) is 0 Å². The van der Waals surface area contributed by atoms with E-state index < -0.39 is 5.76 Å². The van der Waals surface area contributed by atoms with Crippen molar-refractivity contribution in [1.82, 2.24) is 4.98 Å². The molecular formula is C8H9NO2. The number of rotatable bonds is 2. The van der Waals surface area contributed by atoms with Gasteiger partial charge in [0.15, 0.2) is 5.76 Å². The molecule has 0 saturated heterocycles. The number of H-pyrrole nitrogens is 1. The minimum atomic E-state index is -0.425. The molecule has 0 aliphatic carbocycles. The van der Waals surface area contributed by atoms with E-state index in [1.807, 2.05) is 0 Å². The van der Waals surface area contributed by atoms with Gasteiger partial charge in [-0.15, -0.1) is 0 Å². The summed E-state index contributed by atoms with van der Waals surface area (Å²) in [6, 6.07) is 0. The van der Waals surface area contributed by atoms with Crippen LogP contribution in [0.25, 0.3) is 6.08 Å². The number of hydrogen-bond acceptors (Lipinski definition) is 2. The van der Waals surface area contributed by atoms with Crippen LogP contribution in [0.4, 0.5) is 0 Å². The molecule has 0 radical (unpaired) electrons. The van der Waals surface area contributed by atoms with Crippen LogP contribution in [0.15, 0.2) is 27.9 Å². The van der Waals surface area contributed by atoms with Gasteiger partial charge in [0.1, 0.15) is 0 Å². The quantitative estimate of drug-likeness (QED) is 0.650. The lowest BCUT2D eigenvalue weighted by molar-refractivity contribution is 0.506. The van der Waals surface area contributed by atoms with Crippen LogP contribution in [0.5, 0.6) is 0 Å². The smallest absolute Gasteiger partial charge is 0.408 e. The monoisotopic (exact) mass is 151 g/mol. The van der Waals surface area contributed by atoms with Crippen LogP contribution in [0.2, 0.25) is 0 Å². The molecule has 3 nitrogen and oxygen atoms in total. The van der Waals surface area contributed by atoms with Gasteiger partial charge in [-0.05, 0) is 13.0 Å². The summed E-state index contributed by atoms with van der Waals surface area (Å²) in [5.41, 5.74) is 0.730. The molecule has 11 heavy (non-hydrogen) atoms. The van der Waals surface area contributed by atoms with E-state index in [4.69, 9.17) is 4.42 Å². The number of nitrogens with one attached hydrogen (secondary N) is 1. The second-order valence-electron chi connectivity index (χ2n) is 2.10. The topological polar surface area (TPSA) is 46.0 Å². The molecule has 0 aliphatic rings. The zero-order valence-corrected chi connectivity index (χ0v) is 6.26. The summed E-state index contributed by atoms with van der Waals surface area (Å²) >= 11 is 0. The Morgan fingerprint density at radius 3 is 2.82 bits per heavy atom. The Labute approximate surface area is 64.1 Å². The average Bonchev–Trinajstić information content (AvgIpc) is 2.26. The number of oxazole rings is 1. The van der Waals surface area contributed by atoms with Crippen molar-refractivity contribution in [2.75, 3.05) is 0 Å². The second kappa shape index (κ2) is 3.05. The number of aromatic nitrogens is 1. The third-order valence-electron chi connectivity index (χ3n) is 1.25. The van der Waals surface area contributed by atoms with E-state index in [0.29, 0.717) is 5.76 Å². The van der Waals surface area contributed by atoms with Crippen molar-refractivity contribution in [2.45, 2.75) is 6.92 Å². The van der Waals surface area contributed by atoms with Gasteiger partial charge in [0.2, 0.25) is 0 Å². The van der Waals surface area contributed by atoms with Crippen molar-refractivity contribution in [3.8, 4) is 0 Å². The van der Waals surface area contributed by atoms with Crippen molar-refractivity contribution in [3.05, 3.63) is 40.7 Å². The van der Waals surface area contributed by atoms with Gasteiger partial charge in [-0.2, -0.15) is 0 Å². The minimum Gasteiger partial charge on any atom is -0.408 e. The van der Waals surface area contributed by atoms with Crippen molar-refractivity contribution in [3.63, 3.8) is 0 Å². The third kappa shape index (κ3) is 1.70. The molecule has 0 fully saturated rings. The fourth-order valence-electron chi connectivity index (χ4n) is 0.731. The van der Waals surface area contributed by atoms with Crippen molar-refractivity contribution in [2.24, 2.45) is 0 Å². The molecule has 1 heterocycles. The molecule has 0 spiro atoms. The van der Waals surface area contributed by atoms with Gasteiger partial charge in [0.25, 0.3) is 0 Å². The van der Waals surface area contributed by atoms with E-state index in [9.17, 15) is 4.79 Å². The van der Waals surface area contributed by atoms with Crippen LogP contribution >= 0.6 is 0 Å². The molecule has 58 valence electrons. The predicted molar refractivity (Wildman–Crippen MR) is 43.3 cm³/mol. The first-order valence-electron chi connectivity index (χ1n) is 3.23. The zero-order chi connectivity index (χ0) is 8.27. The predicted octanol–water partition coefficient (Wildman–Crippen LogP) is 1.48. The highest BCUT2D eigenvalue weighted by molar-refractivity contribution is 5.46. The summed E-state index contributed by atoms with van der Waals surface area (Å²) in [6.45, 7) is 5.27. The standard InChI is InChI=1S/C8H9NO2/c1-3-4-5-7-6(2)9-8(10)11-7/h3-5H,1H2,2H3,(H,9,10). The first-order chi connectivity index (χ1) is 5.24. The van der Waals surface area contributed by atoms with E-state index in [0.717, 1.165) is 5.69 Å². The molecule has 0 saturated carbocycles. The molecule has 1 rings (SSSR count). The lowest BCUT2D eigenvalue weighted by atomic mass is 10.3. The Morgan fingerprint density at radius 2 is 2.36 bits per heavy atom. The summed E-state index contributed by atoms with van der Waals surface area (Å²) in [4.78, 5) is 13.1. The molecule has 1 aromatic rings. The summed E-state index contributed by atoms with van der Waals surface area (Å²) in [5.74, 6) is 0.126. The Morgan fingerprint density at radius 1 is 1.64 bits per heavy atom. The van der Waals surface area contributed by atoms with Crippen LogP contribution in [0.1, 0.15) is 11.5 Å². The highest BCUT2D eigenvalue weighted by atomic mass is 16.4. The molecule has 0 aliphatic heterocycles. The SMILES string of the molecule is C=CC=Cc1oc(=O)[nH]c1C. The van der Waals surface area contributed by atoms with Gasteiger partial charge in [-0.1, -0.05) is 18.7 Å². The summed E-state index contributed by atoms with van der Waals surface area (Å²) in [6.07, 6.45) is 5.01. The molecule has 0 atom stereocenters. The Hall–Kier alpha value is -1.51. The van der Waals surface area contributed by atoms with Gasteiger partial charge in [-0.25, -0.2) is 4.79 Å². The molecule has 1 N–H and O–H groups in total. The molecule has 3 heteroatoms. The maximum absolute atomic E-state index is 10.6. The van der Waals surface area contributed by atoms with Crippen LogP contribution in [-0.2, 0) is 0 Å². The summed E-state index contributed by atoms with van der Waals surface area (Å²) < 4.78 is 4.77. The zero-order valence-electron chi connectivity index (χ0n) is 6.26. The Balaban J connectivity index is 3.03. The molecule has 0 aromatic carbocycles. The largest absolute Gasteiger partial charge is 0.417 e. The number of allylic oxidation sites excluding steroid dienone is 2. The summed E-state index contributed by atoms with van der Waals surface area (Å²) in [5, 5.41) is 0. The fraction of sp³-hybridized carbons (Fsp3) is 0.125. The average molecular weight is 151 g/mol. The lowest BCUT2D eigenvalue weighted by Gasteiger charge is -1.82. The van der Waals surface area contributed by atoms with Gasteiger partial charge < -0.3 is 4.42 Å². The Bertz CT molecular complexity index is 330.